The van der Waals surface area contributed by atoms with Gasteiger partial charge in [0.15, 0.2) is 0 Å². The second-order valence-electron chi connectivity index (χ2n) is 5.57. The van der Waals surface area contributed by atoms with E-state index >= 15 is 0 Å². The van der Waals surface area contributed by atoms with Crippen LogP contribution in [0.2, 0.25) is 0 Å². The number of nitrogens with one attached hydrogen (secondary N) is 1. The Hall–Kier alpha value is -1.24. The molecule has 0 atom stereocenters. The van der Waals surface area contributed by atoms with E-state index in [0.29, 0.717) is 11.4 Å². The Kier molecular flexibility index (Phi) is 5.23. The molecule has 22 heavy (non-hydrogen) atoms. The van der Waals surface area contributed by atoms with Crippen molar-refractivity contribution in [2.45, 2.75) is 26.2 Å². The van der Waals surface area contributed by atoms with Crippen LogP contribution in [-0.4, -0.2) is 30.6 Å². The topological polar surface area (TPSA) is 51.2 Å². The molecule has 0 spiro atoms. The molecule has 1 amide bonds. The number of aryl methyl sites for hydroxylation is 1. The minimum atomic E-state index is -0.0290. The van der Waals surface area contributed by atoms with Gasteiger partial charge in [0.25, 0.3) is 5.91 Å². The summed E-state index contributed by atoms with van der Waals surface area (Å²) in [5, 5.41) is 7.94. The Labute approximate surface area is 138 Å². The number of nitrogens with zero attached hydrogens (tertiary/aromatic N) is 1. The lowest BCUT2D eigenvalue weighted by Crippen LogP contribution is -2.25. The van der Waals surface area contributed by atoms with Crippen LogP contribution in [0.1, 0.15) is 34.6 Å². The summed E-state index contributed by atoms with van der Waals surface area (Å²) in [5.41, 5.74) is 1.89. The van der Waals surface area contributed by atoms with Crippen LogP contribution in [0.15, 0.2) is 16.8 Å². The third-order valence-corrected chi connectivity index (χ3v) is 5.46. The number of hydrogen-bond acceptors (Lipinski definition) is 5. The van der Waals surface area contributed by atoms with E-state index < -0.39 is 0 Å². The zero-order valence-electron chi connectivity index (χ0n) is 12.6. The first-order chi connectivity index (χ1) is 10.7. The minimum absolute atomic E-state index is 0.0290. The van der Waals surface area contributed by atoms with Crippen LogP contribution in [0, 0.1) is 12.8 Å². The molecule has 0 aromatic carbocycles. The van der Waals surface area contributed by atoms with Gasteiger partial charge in [0, 0.05) is 30.7 Å². The lowest BCUT2D eigenvalue weighted by molar-refractivity contribution is 0.0940. The van der Waals surface area contributed by atoms with Crippen molar-refractivity contribution >= 4 is 28.6 Å². The summed E-state index contributed by atoms with van der Waals surface area (Å²) in [6.45, 7) is 4.14. The van der Waals surface area contributed by atoms with E-state index in [0.717, 1.165) is 41.8 Å². The fourth-order valence-electron chi connectivity index (χ4n) is 2.11. The van der Waals surface area contributed by atoms with Gasteiger partial charge < -0.3 is 10.1 Å². The fourth-order valence-corrected chi connectivity index (χ4v) is 3.80. The third kappa shape index (κ3) is 4.15. The van der Waals surface area contributed by atoms with Gasteiger partial charge in [0.1, 0.15) is 9.88 Å². The lowest BCUT2D eigenvalue weighted by atomic mass is 10.3. The molecular formula is C16H20N2O2S2. The Balaban J connectivity index is 1.45. The Morgan fingerprint density at radius 1 is 1.50 bits per heavy atom. The van der Waals surface area contributed by atoms with Crippen molar-refractivity contribution in [1.29, 1.82) is 0 Å². The van der Waals surface area contributed by atoms with Gasteiger partial charge in [-0.2, -0.15) is 11.3 Å². The summed E-state index contributed by atoms with van der Waals surface area (Å²) in [5.74, 6) is 0.767. The summed E-state index contributed by atoms with van der Waals surface area (Å²) < 4.78 is 5.56. The highest BCUT2D eigenvalue weighted by Gasteiger charge is 2.21. The smallest absolute Gasteiger partial charge is 0.263 e. The number of carbonyl (C=O) groups is 1. The monoisotopic (exact) mass is 336 g/mol. The van der Waals surface area contributed by atoms with Crippen molar-refractivity contribution in [2.24, 2.45) is 5.92 Å². The summed E-state index contributed by atoms with van der Waals surface area (Å²) in [6, 6.07) is 2.03. The first kappa shape index (κ1) is 15.6. The molecule has 1 N–H and O–H groups in total. The van der Waals surface area contributed by atoms with Crippen LogP contribution in [0.25, 0.3) is 10.6 Å². The maximum atomic E-state index is 12.2. The van der Waals surface area contributed by atoms with E-state index in [1.807, 2.05) is 18.4 Å². The summed E-state index contributed by atoms with van der Waals surface area (Å²) in [4.78, 5) is 17.4. The Morgan fingerprint density at radius 3 is 3.09 bits per heavy atom. The summed E-state index contributed by atoms with van der Waals surface area (Å²) in [7, 11) is 0. The second-order valence-corrected chi connectivity index (χ2v) is 7.35. The number of ether oxygens (including phenoxy) is 1. The van der Waals surface area contributed by atoms with E-state index in [9.17, 15) is 4.79 Å². The van der Waals surface area contributed by atoms with E-state index in [1.165, 1.54) is 24.2 Å². The molecule has 1 saturated carbocycles. The zero-order chi connectivity index (χ0) is 15.4. The highest BCUT2D eigenvalue weighted by Crippen LogP contribution is 2.29. The van der Waals surface area contributed by atoms with Gasteiger partial charge >= 0.3 is 0 Å². The van der Waals surface area contributed by atoms with Crippen LogP contribution in [0.5, 0.6) is 0 Å². The van der Waals surface area contributed by atoms with Crippen LogP contribution in [-0.2, 0) is 4.74 Å². The molecule has 0 saturated heterocycles. The molecule has 1 fully saturated rings. The molecule has 1 aliphatic carbocycles. The lowest BCUT2D eigenvalue weighted by Gasteiger charge is -2.05. The molecule has 2 heterocycles. The predicted octanol–water partition coefficient (Wildman–Crippen LogP) is 3.73. The zero-order valence-corrected chi connectivity index (χ0v) is 14.3. The molecule has 118 valence electrons. The van der Waals surface area contributed by atoms with Gasteiger partial charge in [-0.25, -0.2) is 4.98 Å². The van der Waals surface area contributed by atoms with Gasteiger partial charge in [0.2, 0.25) is 0 Å². The van der Waals surface area contributed by atoms with Crippen molar-refractivity contribution in [3.05, 3.63) is 27.4 Å². The number of rotatable bonds is 8. The van der Waals surface area contributed by atoms with Crippen LogP contribution >= 0.6 is 22.7 Å². The van der Waals surface area contributed by atoms with Gasteiger partial charge in [-0.1, -0.05) is 0 Å². The Bertz CT molecular complexity index is 618. The molecule has 1 aliphatic rings. The number of hydrogen-bond donors (Lipinski definition) is 1. The predicted molar refractivity (Wildman–Crippen MR) is 90.7 cm³/mol. The second kappa shape index (κ2) is 7.35. The average molecular weight is 336 g/mol. The van der Waals surface area contributed by atoms with Crippen molar-refractivity contribution in [2.75, 3.05) is 19.8 Å². The van der Waals surface area contributed by atoms with Gasteiger partial charge in [-0.05, 0) is 43.6 Å². The maximum absolute atomic E-state index is 12.2. The van der Waals surface area contributed by atoms with Crippen LogP contribution < -0.4 is 5.32 Å². The minimum Gasteiger partial charge on any atom is -0.381 e. The number of aromatic nitrogens is 1. The molecule has 0 bridgehead atoms. The molecule has 2 aromatic rings. The first-order valence-corrected chi connectivity index (χ1v) is 9.36. The Morgan fingerprint density at radius 2 is 2.36 bits per heavy atom. The van der Waals surface area contributed by atoms with Crippen molar-refractivity contribution in [1.82, 2.24) is 10.3 Å². The standard InChI is InChI=1S/C16H20N2O2S2/c1-11-14(22-16(18-11)13-5-8-21-10-13)15(19)17-6-2-7-20-9-12-3-4-12/h5,8,10,12H,2-4,6-7,9H2,1H3,(H,17,19). The maximum Gasteiger partial charge on any atom is 0.263 e. The van der Waals surface area contributed by atoms with Crippen molar-refractivity contribution in [3.8, 4) is 10.6 Å². The SMILES string of the molecule is Cc1nc(-c2ccsc2)sc1C(=O)NCCCOCC1CC1. The highest BCUT2D eigenvalue weighted by atomic mass is 32.1. The first-order valence-electron chi connectivity index (χ1n) is 7.60. The van der Waals surface area contributed by atoms with Crippen molar-refractivity contribution in [3.63, 3.8) is 0 Å². The average Bonchev–Trinajstić information content (AvgIpc) is 3.01. The quantitative estimate of drug-likeness (QED) is 0.747. The largest absolute Gasteiger partial charge is 0.381 e. The number of carbonyl (C=O) groups excluding carboxylic acids is 1. The van der Waals surface area contributed by atoms with Crippen molar-refractivity contribution < 1.29 is 9.53 Å². The normalized spacial score (nSPS) is 14.2. The number of thiazole rings is 1. The third-order valence-electron chi connectivity index (χ3n) is 3.57. The van der Waals surface area contributed by atoms with E-state index in [4.69, 9.17) is 4.74 Å². The molecule has 0 radical (unpaired) electrons. The summed E-state index contributed by atoms with van der Waals surface area (Å²) >= 11 is 3.10. The van der Waals surface area contributed by atoms with Gasteiger partial charge in [-0.3, -0.25) is 4.79 Å². The van der Waals surface area contributed by atoms with Crippen LogP contribution in [0.4, 0.5) is 0 Å². The molecule has 0 aliphatic heterocycles. The number of amides is 1. The fraction of sp³-hybridized carbons (Fsp3) is 0.500. The van der Waals surface area contributed by atoms with E-state index in [1.54, 1.807) is 11.3 Å². The van der Waals surface area contributed by atoms with E-state index in [2.05, 4.69) is 15.7 Å². The van der Waals surface area contributed by atoms with Gasteiger partial charge in [0.05, 0.1) is 5.69 Å². The molecule has 0 unspecified atom stereocenters. The van der Waals surface area contributed by atoms with E-state index in [-0.39, 0.29) is 5.91 Å². The molecule has 4 nitrogen and oxygen atoms in total. The summed E-state index contributed by atoms with van der Waals surface area (Å²) in [6.07, 6.45) is 3.48. The molecule has 6 heteroatoms. The number of thiophene rings is 1. The molecular weight excluding hydrogens is 316 g/mol. The molecule has 3 rings (SSSR count). The van der Waals surface area contributed by atoms with Crippen LogP contribution in [0.3, 0.4) is 0 Å². The van der Waals surface area contributed by atoms with Gasteiger partial charge in [-0.15, -0.1) is 11.3 Å². The molecule has 2 aromatic heterocycles. The highest BCUT2D eigenvalue weighted by molar-refractivity contribution is 7.17.